The van der Waals surface area contributed by atoms with Gasteiger partial charge >= 0.3 is 0 Å². The van der Waals surface area contributed by atoms with E-state index in [0.717, 1.165) is 31.5 Å². The number of hydrogen-bond acceptors (Lipinski definition) is 4. The van der Waals surface area contributed by atoms with Crippen LogP contribution in [0.3, 0.4) is 0 Å². The molecule has 23 heavy (non-hydrogen) atoms. The molecular formula is C15H18N4O3S. The maximum atomic E-state index is 12.3. The van der Waals surface area contributed by atoms with Crippen LogP contribution in [0.1, 0.15) is 28.9 Å². The fourth-order valence-electron chi connectivity index (χ4n) is 2.59. The molecule has 0 aliphatic carbocycles. The Balaban J connectivity index is 1.81. The highest BCUT2D eigenvalue weighted by Crippen LogP contribution is 2.19. The number of amides is 1. The summed E-state index contributed by atoms with van der Waals surface area (Å²) in [6, 6.07) is 7.76. The van der Waals surface area contributed by atoms with Crippen LogP contribution in [-0.2, 0) is 23.0 Å². The van der Waals surface area contributed by atoms with Gasteiger partial charge in [-0.2, -0.15) is 5.10 Å². The summed E-state index contributed by atoms with van der Waals surface area (Å²) in [6.07, 6.45) is 3.17. The van der Waals surface area contributed by atoms with E-state index in [0.29, 0.717) is 5.82 Å². The van der Waals surface area contributed by atoms with Crippen LogP contribution in [-0.4, -0.2) is 31.2 Å². The highest BCUT2D eigenvalue weighted by molar-refractivity contribution is 7.89. The number of aryl methyl sites for hydroxylation is 2. The SMILES string of the molecule is CNS(=O)(=O)c1cccc(C(=O)Nc2cc3n(n2)CCCC3)c1. The molecule has 1 aliphatic heterocycles. The molecule has 2 aromatic rings. The third kappa shape index (κ3) is 3.27. The summed E-state index contributed by atoms with van der Waals surface area (Å²) in [5.74, 6) is 0.113. The maximum absolute atomic E-state index is 12.3. The lowest BCUT2D eigenvalue weighted by atomic mass is 10.1. The van der Waals surface area contributed by atoms with E-state index in [1.807, 2.05) is 10.7 Å². The van der Waals surface area contributed by atoms with Gasteiger partial charge in [0, 0.05) is 23.9 Å². The Labute approximate surface area is 134 Å². The van der Waals surface area contributed by atoms with E-state index in [1.165, 1.54) is 25.2 Å². The first kappa shape index (κ1) is 15.7. The highest BCUT2D eigenvalue weighted by Gasteiger charge is 2.17. The van der Waals surface area contributed by atoms with Crippen molar-refractivity contribution in [3.8, 4) is 0 Å². The van der Waals surface area contributed by atoms with Gasteiger partial charge in [-0.05, 0) is 44.5 Å². The summed E-state index contributed by atoms with van der Waals surface area (Å²) in [4.78, 5) is 12.4. The summed E-state index contributed by atoms with van der Waals surface area (Å²) in [5.41, 5.74) is 1.38. The zero-order valence-electron chi connectivity index (χ0n) is 12.7. The molecule has 1 aromatic carbocycles. The third-order valence-corrected chi connectivity index (χ3v) is 5.24. The number of carbonyl (C=O) groups is 1. The van der Waals surface area contributed by atoms with Crippen LogP contribution in [0.4, 0.5) is 5.82 Å². The van der Waals surface area contributed by atoms with Crippen LogP contribution < -0.4 is 10.0 Å². The number of nitrogens with zero attached hydrogens (tertiary/aromatic N) is 2. The third-order valence-electron chi connectivity index (χ3n) is 3.83. The molecule has 0 radical (unpaired) electrons. The second kappa shape index (κ2) is 6.13. The van der Waals surface area contributed by atoms with Gasteiger partial charge in [0.25, 0.3) is 5.91 Å². The minimum absolute atomic E-state index is 0.0526. The second-order valence-electron chi connectivity index (χ2n) is 5.39. The Morgan fingerprint density at radius 1 is 1.26 bits per heavy atom. The van der Waals surface area contributed by atoms with Gasteiger partial charge in [0.1, 0.15) is 0 Å². The Hall–Kier alpha value is -2.19. The number of sulfonamides is 1. The average Bonchev–Trinajstić information content (AvgIpc) is 2.97. The standard InChI is InChI=1S/C15H18N4O3S/c1-16-23(21,22)13-7-4-5-11(9-13)15(20)17-14-10-12-6-2-3-8-19(12)18-14/h4-5,7,9-10,16H,2-3,6,8H2,1H3,(H,17,18,20). The number of carbonyl (C=O) groups excluding carboxylic acids is 1. The lowest BCUT2D eigenvalue weighted by Crippen LogP contribution is -2.19. The fraction of sp³-hybridized carbons (Fsp3) is 0.333. The number of hydrogen-bond donors (Lipinski definition) is 2. The number of benzene rings is 1. The lowest BCUT2D eigenvalue weighted by molar-refractivity contribution is 0.102. The number of nitrogens with one attached hydrogen (secondary N) is 2. The molecule has 0 spiro atoms. The zero-order valence-corrected chi connectivity index (χ0v) is 13.6. The monoisotopic (exact) mass is 334 g/mol. The molecule has 8 heteroatoms. The van der Waals surface area contributed by atoms with Crippen LogP contribution in [0.5, 0.6) is 0 Å². The second-order valence-corrected chi connectivity index (χ2v) is 7.28. The van der Waals surface area contributed by atoms with Crippen molar-refractivity contribution in [2.24, 2.45) is 0 Å². The molecule has 0 unspecified atom stereocenters. The normalized spacial score (nSPS) is 14.3. The predicted octanol–water partition coefficient (Wildman–Crippen LogP) is 1.38. The first-order chi connectivity index (χ1) is 11.0. The van der Waals surface area contributed by atoms with Gasteiger partial charge in [-0.3, -0.25) is 9.48 Å². The van der Waals surface area contributed by atoms with Crippen LogP contribution in [0.25, 0.3) is 0 Å². The molecule has 0 saturated heterocycles. The molecule has 2 heterocycles. The zero-order chi connectivity index (χ0) is 16.4. The van der Waals surface area contributed by atoms with Gasteiger partial charge in [-0.15, -0.1) is 0 Å². The highest BCUT2D eigenvalue weighted by atomic mass is 32.2. The van der Waals surface area contributed by atoms with Crippen molar-refractivity contribution in [2.45, 2.75) is 30.7 Å². The van der Waals surface area contributed by atoms with Gasteiger partial charge in [0.15, 0.2) is 5.82 Å². The van der Waals surface area contributed by atoms with Crippen molar-refractivity contribution in [3.05, 3.63) is 41.6 Å². The molecule has 2 N–H and O–H groups in total. The molecule has 3 rings (SSSR count). The van der Waals surface area contributed by atoms with E-state index < -0.39 is 10.0 Å². The van der Waals surface area contributed by atoms with E-state index >= 15 is 0 Å². The largest absolute Gasteiger partial charge is 0.305 e. The summed E-state index contributed by atoms with van der Waals surface area (Å²) in [5, 5.41) is 7.08. The minimum Gasteiger partial charge on any atom is -0.305 e. The van der Waals surface area contributed by atoms with Crippen molar-refractivity contribution in [1.82, 2.24) is 14.5 Å². The van der Waals surface area contributed by atoms with E-state index in [1.54, 1.807) is 6.07 Å². The smallest absolute Gasteiger partial charge is 0.256 e. The van der Waals surface area contributed by atoms with Gasteiger partial charge in [-0.25, -0.2) is 13.1 Å². The first-order valence-corrected chi connectivity index (χ1v) is 8.89. The first-order valence-electron chi connectivity index (χ1n) is 7.41. The van der Waals surface area contributed by atoms with Gasteiger partial charge in [-0.1, -0.05) is 6.07 Å². The van der Waals surface area contributed by atoms with Gasteiger partial charge in [0.05, 0.1) is 4.90 Å². The molecule has 1 aliphatic rings. The van der Waals surface area contributed by atoms with Crippen LogP contribution in [0.2, 0.25) is 0 Å². The molecule has 1 amide bonds. The van der Waals surface area contributed by atoms with Crippen LogP contribution in [0.15, 0.2) is 35.2 Å². The number of fused-ring (bicyclic) bond motifs is 1. The topological polar surface area (TPSA) is 93.1 Å². The van der Waals surface area contributed by atoms with E-state index in [4.69, 9.17) is 0 Å². The number of aromatic nitrogens is 2. The Morgan fingerprint density at radius 2 is 2.09 bits per heavy atom. The molecule has 0 bridgehead atoms. The van der Waals surface area contributed by atoms with Gasteiger partial charge in [0.2, 0.25) is 10.0 Å². The number of rotatable bonds is 4. The lowest BCUT2D eigenvalue weighted by Gasteiger charge is -2.11. The maximum Gasteiger partial charge on any atom is 0.256 e. The molecule has 122 valence electrons. The fourth-order valence-corrected chi connectivity index (χ4v) is 3.37. The van der Waals surface area contributed by atoms with E-state index in [2.05, 4.69) is 15.1 Å². The molecule has 0 atom stereocenters. The minimum atomic E-state index is -3.58. The summed E-state index contributed by atoms with van der Waals surface area (Å²) in [6.45, 7) is 0.862. The Morgan fingerprint density at radius 3 is 2.83 bits per heavy atom. The number of anilines is 1. The van der Waals surface area contributed by atoms with Crippen molar-refractivity contribution in [1.29, 1.82) is 0 Å². The summed E-state index contributed by atoms with van der Waals surface area (Å²) in [7, 11) is -2.25. The molecule has 1 aromatic heterocycles. The molecule has 0 fully saturated rings. The molecule has 7 nitrogen and oxygen atoms in total. The Kier molecular flexibility index (Phi) is 4.18. The molecular weight excluding hydrogens is 316 g/mol. The van der Waals surface area contributed by atoms with Crippen molar-refractivity contribution >= 4 is 21.7 Å². The molecule has 0 saturated carbocycles. The van der Waals surface area contributed by atoms with E-state index in [9.17, 15) is 13.2 Å². The van der Waals surface area contributed by atoms with Crippen molar-refractivity contribution in [3.63, 3.8) is 0 Å². The summed E-state index contributed by atoms with van der Waals surface area (Å²) >= 11 is 0. The van der Waals surface area contributed by atoms with Crippen LogP contribution >= 0.6 is 0 Å². The summed E-state index contributed by atoms with van der Waals surface area (Å²) < 4.78 is 27.8. The van der Waals surface area contributed by atoms with Crippen molar-refractivity contribution < 1.29 is 13.2 Å². The predicted molar refractivity (Wildman–Crippen MR) is 85.8 cm³/mol. The Bertz CT molecular complexity index is 819. The van der Waals surface area contributed by atoms with Crippen LogP contribution in [0, 0.1) is 0 Å². The van der Waals surface area contributed by atoms with Gasteiger partial charge < -0.3 is 5.32 Å². The van der Waals surface area contributed by atoms with Crippen molar-refractivity contribution in [2.75, 3.05) is 12.4 Å². The quantitative estimate of drug-likeness (QED) is 0.883. The van der Waals surface area contributed by atoms with E-state index in [-0.39, 0.29) is 16.4 Å². The average molecular weight is 334 g/mol.